The molecule has 1 aromatic carbocycles. The fraction of sp³-hybridized carbons (Fsp3) is 0.429. The van der Waals surface area contributed by atoms with Gasteiger partial charge in [-0.1, -0.05) is 25.6 Å². The molecule has 0 aliphatic carbocycles. The van der Waals surface area contributed by atoms with Crippen LogP contribution in [0.3, 0.4) is 0 Å². The van der Waals surface area contributed by atoms with Crippen LogP contribution in [0.15, 0.2) is 35.3 Å². The molecule has 0 fully saturated rings. The summed E-state index contributed by atoms with van der Waals surface area (Å²) in [6.07, 6.45) is -0.329. The molecule has 1 heterocycles. The number of hydrogen-bond donors (Lipinski definition) is 0. The van der Waals surface area contributed by atoms with E-state index in [0.717, 1.165) is 5.56 Å². The van der Waals surface area contributed by atoms with Crippen LogP contribution in [0, 0.1) is 0 Å². The number of methoxy groups -OCH3 is 1. The average Bonchev–Trinajstić information content (AvgIpc) is 2.67. The summed E-state index contributed by atoms with van der Waals surface area (Å²) in [7, 11) is 1.36. The van der Waals surface area contributed by atoms with Crippen molar-refractivity contribution in [1.82, 2.24) is 0 Å². The van der Waals surface area contributed by atoms with Crippen LogP contribution in [-0.4, -0.2) is 30.6 Å². The molecular formula is C14H19NO3. The molecule has 18 heavy (non-hydrogen) atoms. The van der Waals surface area contributed by atoms with Crippen molar-refractivity contribution in [3.05, 3.63) is 35.9 Å². The van der Waals surface area contributed by atoms with Crippen molar-refractivity contribution in [2.24, 2.45) is 4.99 Å². The van der Waals surface area contributed by atoms with E-state index in [4.69, 9.17) is 9.47 Å². The number of ether oxygens (including phenoxy) is 2. The van der Waals surface area contributed by atoms with Crippen LogP contribution < -0.4 is 0 Å². The molecule has 0 amide bonds. The Labute approximate surface area is 108 Å². The van der Waals surface area contributed by atoms with E-state index >= 15 is 0 Å². The van der Waals surface area contributed by atoms with Crippen molar-refractivity contribution < 1.29 is 14.3 Å². The van der Waals surface area contributed by atoms with Crippen molar-refractivity contribution in [2.45, 2.75) is 32.9 Å². The molecular weight excluding hydrogens is 230 g/mol. The summed E-state index contributed by atoms with van der Waals surface area (Å²) in [6.45, 7) is 3.54. The standard InChI is InChI=1S/C13H15NO3.CH4/c1-9-13(2,12(15)16-3)14-11(17-9)10-7-5-4-6-8-10;/h4-9H,1-3H3;1H4/t9-,13-;/m1./s1. The summed E-state index contributed by atoms with van der Waals surface area (Å²) in [5, 5.41) is 0. The highest BCUT2D eigenvalue weighted by Gasteiger charge is 2.47. The van der Waals surface area contributed by atoms with Crippen molar-refractivity contribution in [3.63, 3.8) is 0 Å². The molecule has 0 unspecified atom stereocenters. The van der Waals surface area contributed by atoms with E-state index in [0.29, 0.717) is 5.90 Å². The Balaban J connectivity index is 0.00000162. The molecule has 1 aliphatic rings. The SMILES string of the molecule is C.COC(=O)[C@]1(C)N=C(c2ccccc2)O[C@@H]1C. The third kappa shape index (κ3) is 2.23. The molecule has 2 rings (SSSR count). The first-order chi connectivity index (χ1) is 8.08. The third-order valence-electron chi connectivity index (χ3n) is 3.03. The molecule has 0 aromatic heterocycles. The summed E-state index contributed by atoms with van der Waals surface area (Å²) in [5.41, 5.74) is -0.0908. The van der Waals surface area contributed by atoms with Gasteiger partial charge in [0.15, 0.2) is 5.54 Å². The van der Waals surface area contributed by atoms with Gasteiger partial charge in [0.25, 0.3) is 0 Å². The molecule has 4 heteroatoms. The predicted molar refractivity (Wildman–Crippen MR) is 70.7 cm³/mol. The van der Waals surface area contributed by atoms with Crippen molar-refractivity contribution in [2.75, 3.05) is 7.11 Å². The molecule has 2 atom stereocenters. The predicted octanol–water partition coefficient (Wildman–Crippen LogP) is 2.42. The van der Waals surface area contributed by atoms with E-state index in [1.54, 1.807) is 6.92 Å². The first kappa shape index (κ1) is 14.2. The van der Waals surface area contributed by atoms with Crippen molar-refractivity contribution >= 4 is 11.9 Å². The van der Waals surface area contributed by atoms with Crippen LogP contribution in [0.1, 0.15) is 26.8 Å². The number of benzene rings is 1. The first-order valence-electron chi connectivity index (χ1n) is 5.48. The Kier molecular flexibility index (Phi) is 4.11. The number of rotatable bonds is 2. The Morgan fingerprint density at radius 2 is 2.00 bits per heavy atom. The Morgan fingerprint density at radius 3 is 2.56 bits per heavy atom. The van der Waals surface area contributed by atoms with Gasteiger partial charge in [-0.25, -0.2) is 9.79 Å². The van der Waals surface area contributed by atoms with Gasteiger partial charge >= 0.3 is 5.97 Å². The highest BCUT2D eigenvalue weighted by molar-refractivity contribution is 5.99. The smallest absolute Gasteiger partial charge is 0.337 e. The molecule has 0 spiro atoms. The lowest BCUT2D eigenvalue weighted by atomic mass is 9.98. The average molecular weight is 249 g/mol. The van der Waals surface area contributed by atoms with E-state index in [1.165, 1.54) is 7.11 Å². The zero-order valence-corrected chi connectivity index (χ0v) is 10.1. The minimum absolute atomic E-state index is 0. The van der Waals surface area contributed by atoms with Crippen LogP contribution in [-0.2, 0) is 14.3 Å². The van der Waals surface area contributed by atoms with Gasteiger partial charge in [-0.3, -0.25) is 0 Å². The zero-order chi connectivity index (χ0) is 12.5. The fourth-order valence-electron chi connectivity index (χ4n) is 1.74. The lowest BCUT2D eigenvalue weighted by molar-refractivity contribution is -0.148. The molecule has 0 N–H and O–H groups in total. The van der Waals surface area contributed by atoms with Crippen LogP contribution in [0.5, 0.6) is 0 Å². The quantitative estimate of drug-likeness (QED) is 0.756. The normalized spacial score (nSPS) is 25.7. The third-order valence-corrected chi connectivity index (χ3v) is 3.03. The summed E-state index contributed by atoms with van der Waals surface area (Å²) in [4.78, 5) is 16.1. The van der Waals surface area contributed by atoms with Gasteiger partial charge in [-0.2, -0.15) is 0 Å². The number of carbonyl (C=O) groups is 1. The second-order valence-corrected chi connectivity index (χ2v) is 4.18. The van der Waals surface area contributed by atoms with Gasteiger partial charge in [0.2, 0.25) is 5.90 Å². The maximum absolute atomic E-state index is 11.7. The van der Waals surface area contributed by atoms with Gasteiger partial charge in [-0.05, 0) is 26.0 Å². The van der Waals surface area contributed by atoms with Crippen molar-refractivity contribution in [1.29, 1.82) is 0 Å². The Morgan fingerprint density at radius 1 is 1.39 bits per heavy atom. The lowest BCUT2D eigenvalue weighted by Gasteiger charge is -2.20. The zero-order valence-electron chi connectivity index (χ0n) is 10.1. The maximum atomic E-state index is 11.7. The van der Waals surface area contributed by atoms with E-state index in [2.05, 4.69) is 4.99 Å². The molecule has 0 saturated carbocycles. The highest BCUT2D eigenvalue weighted by Crippen LogP contribution is 2.28. The van der Waals surface area contributed by atoms with Crippen molar-refractivity contribution in [3.8, 4) is 0 Å². The number of hydrogen-bond acceptors (Lipinski definition) is 4. The summed E-state index contributed by atoms with van der Waals surface area (Å²) in [6, 6.07) is 9.52. The van der Waals surface area contributed by atoms with Crippen LogP contribution in [0.2, 0.25) is 0 Å². The number of carbonyl (C=O) groups excluding carboxylic acids is 1. The largest absolute Gasteiger partial charge is 0.471 e. The maximum Gasteiger partial charge on any atom is 0.337 e. The molecule has 1 aliphatic heterocycles. The van der Waals surface area contributed by atoms with Gasteiger partial charge in [-0.15, -0.1) is 0 Å². The van der Waals surface area contributed by atoms with Gasteiger partial charge in [0.05, 0.1) is 7.11 Å². The summed E-state index contributed by atoms with van der Waals surface area (Å²) >= 11 is 0. The number of esters is 1. The van der Waals surface area contributed by atoms with Gasteiger partial charge < -0.3 is 9.47 Å². The van der Waals surface area contributed by atoms with E-state index in [9.17, 15) is 4.79 Å². The lowest BCUT2D eigenvalue weighted by Crippen LogP contribution is -2.42. The molecule has 1 aromatic rings. The van der Waals surface area contributed by atoms with Crippen LogP contribution in [0.25, 0.3) is 0 Å². The van der Waals surface area contributed by atoms with Crippen LogP contribution in [0.4, 0.5) is 0 Å². The fourth-order valence-corrected chi connectivity index (χ4v) is 1.74. The molecule has 98 valence electrons. The molecule has 0 saturated heterocycles. The Bertz CT molecular complexity index is 455. The summed E-state index contributed by atoms with van der Waals surface area (Å²) < 4.78 is 10.4. The number of nitrogens with zero attached hydrogens (tertiary/aromatic N) is 1. The monoisotopic (exact) mass is 249 g/mol. The second-order valence-electron chi connectivity index (χ2n) is 4.18. The molecule has 4 nitrogen and oxygen atoms in total. The highest BCUT2D eigenvalue weighted by atomic mass is 16.5. The van der Waals surface area contributed by atoms with E-state index in [1.807, 2.05) is 37.3 Å². The summed E-state index contributed by atoms with van der Waals surface area (Å²) in [5.74, 6) is 0.113. The minimum atomic E-state index is -0.958. The first-order valence-corrected chi connectivity index (χ1v) is 5.48. The molecule has 0 bridgehead atoms. The Hall–Kier alpha value is -1.84. The van der Waals surface area contributed by atoms with E-state index in [-0.39, 0.29) is 19.5 Å². The van der Waals surface area contributed by atoms with E-state index < -0.39 is 5.54 Å². The second kappa shape index (κ2) is 5.21. The number of aliphatic imine (C=N–C) groups is 1. The topological polar surface area (TPSA) is 47.9 Å². The molecule has 0 radical (unpaired) electrons. The van der Waals surface area contributed by atoms with Gasteiger partial charge in [0.1, 0.15) is 6.10 Å². The minimum Gasteiger partial charge on any atom is -0.471 e. The van der Waals surface area contributed by atoms with Gasteiger partial charge in [0, 0.05) is 5.56 Å². The van der Waals surface area contributed by atoms with Crippen LogP contribution >= 0.6 is 0 Å².